The number of hydrogen-bond donors (Lipinski definition) is 1. The van der Waals surface area contributed by atoms with E-state index in [9.17, 15) is 8.42 Å². The number of aliphatic imine (C=N–C) groups is 1. The molecule has 8 heteroatoms. The lowest BCUT2D eigenvalue weighted by Gasteiger charge is -2.13. The van der Waals surface area contributed by atoms with E-state index in [1.807, 2.05) is 36.4 Å². The van der Waals surface area contributed by atoms with Crippen molar-refractivity contribution in [2.75, 3.05) is 31.7 Å². The van der Waals surface area contributed by atoms with Crippen LogP contribution < -0.4 is 10.6 Å². The van der Waals surface area contributed by atoms with Crippen LogP contribution in [0, 0.1) is 0 Å². The Labute approximate surface area is 166 Å². The fourth-order valence-corrected chi connectivity index (χ4v) is 3.13. The number of amidine groups is 1. The van der Waals surface area contributed by atoms with Crippen molar-refractivity contribution in [3.63, 3.8) is 0 Å². The van der Waals surface area contributed by atoms with E-state index >= 15 is 0 Å². The molecule has 2 aromatic rings. The van der Waals surface area contributed by atoms with Crippen LogP contribution in [0.2, 0.25) is 0 Å². The van der Waals surface area contributed by atoms with E-state index in [1.54, 1.807) is 5.01 Å². The Morgan fingerprint density at radius 3 is 2.19 bits per heavy atom. The van der Waals surface area contributed by atoms with Crippen LogP contribution in [0.4, 0.5) is 0 Å². The number of hydrazine groups is 1. The molecule has 0 radical (unpaired) electrons. The molecule has 146 valence electrons. The maximum atomic E-state index is 11.1. The lowest BCUT2D eigenvalue weighted by Crippen LogP contribution is -2.34. The molecule has 0 saturated heterocycles. The third kappa shape index (κ3) is 6.23. The average Bonchev–Trinajstić information content (AvgIpc) is 3.02. The van der Waals surface area contributed by atoms with Gasteiger partial charge in [0.25, 0.3) is 0 Å². The molecule has 3 rings (SSSR count). The van der Waals surface area contributed by atoms with Crippen LogP contribution in [0.5, 0.6) is 5.75 Å². The lowest BCUT2D eigenvalue weighted by atomic mass is 10.0. The molecule has 27 heavy (non-hydrogen) atoms. The first kappa shape index (κ1) is 21.2. The van der Waals surface area contributed by atoms with Gasteiger partial charge in [0.1, 0.15) is 18.2 Å². The van der Waals surface area contributed by atoms with E-state index in [0.29, 0.717) is 5.75 Å². The SMILES string of the molecule is CS(=O)(=O)CCOc1ccc(Cc2ccc(C3=NCCN3N)cc2)cc1.Cl. The molecule has 2 aromatic carbocycles. The second-order valence-corrected chi connectivity index (χ2v) is 8.65. The quantitative estimate of drug-likeness (QED) is 0.707. The van der Waals surface area contributed by atoms with Crippen LogP contribution in [0.25, 0.3) is 0 Å². The largest absolute Gasteiger partial charge is 0.493 e. The third-order valence-electron chi connectivity index (χ3n) is 4.14. The number of rotatable bonds is 7. The summed E-state index contributed by atoms with van der Waals surface area (Å²) in [6.07, 6.45) is 2.01. The van der Waals surface area contributed by atoms with Crippen molar-refractivity contribution in [1.29, 1.82) is 0 Å². The van der Waals surface area contributed by atoms with E-state index in [2.05, 4.69) is 17.1 Å². The summed E-state index contributed by atoms with van der Waals surface area (Å²) >= 11 is 0. The molecule has 1 heterocycles. The summed E-state index contributed by atoms with van der Waals surface area (Å²) in [6, 6.07) is 16.0. The second-order valence-electron chi connectivity index (χ2n) is 6.39. The van der Waals surface area contributed by atoms with Gasteiger partial charge in [-0.15, -0.1) is 12.4 Å². The third-order valence-corrected chi connectivity index (χ3v) is 5.05. The van der Waals surface area contributed by atoms with Crippen LogP contribution >= 0.6 is 12.4 Å². The molecule has 0 fully saturated rings. The van der Waals surface area contributed by atoms with E-state index in [4.69, 9.17) is 10.6 Å². The Morgan fingerprint density at radius 1 is 1.07 bits per heavy atom. The number of halogens is 1. The summed E-state index contributed by atoms with van der Waals surface area (Å²) in [5.74, 6) is 7.44. The van der Waals surface area contributed by atoms with Crippen molar-refractivity contribution in [3.05, 3.63) is 65.2 Å². The Balaban J connectivity index is 0.00000261. The average molecular weight is 410 g/mol. The number of ether oxygens (including phenoxy) is 1. The molecule has 0 amide bonds. The van der Waals surface area contributed by atoms with Crippen molar-refractivity contribution in [3.8, 4) is 5.75 Å². The van der Waals surface area contributed by atoms with Gasteiger partial charge in [0.05, 0.1) is 18.8 Å². The molecule has 0 spiro atoms. The number of nitrogens with zero attached hydrogens (tertiary/aromatic N) is 2. The van der Waals surface area contributed by atoms with Gasteiger partial charge in [0, 0.05) is 11.8 Å². The molecule has 0 unspecified atom stereocenters. The number of benzene rings is 2. The standard InChI is InChI=1S/C19H23N3O3S.ClH/c1-26(23,24)13-12-25-18-8-4-16(5-9-18)14-15-2-6-17(7-3-15)19-21-10-11-22(19)20;/h2-9H,10-14,20H2,1H3;1H. The first-order valence-corrected chi connectivity index (χ1v) is 10.5. The summed E-state index contributed by atoms with van der Waals surface area (Å²) < 4.78 is 27.7. The Kier molecular flexibility index (Phi) is 7.24. The number of nitrogens with two attached hydrogens (primary N) is 1. The zero-order valence-corrected chi connectivity index (χ0v) is 16.8. The number of sulfone groups is 1. The van der Waals surface area contributed by atoms with Crippen LogP contribution in [0.1, 0.15) is 16.7 Å². The predicted molar refractivity (Wildman–Crippen MR) is 110 cm³/mol. The van der Waals surface area contributed by atoms with Gasteiger partial charge in [-0.25, -0.2) is 14.3 Å². The molecule has 6 nitrogen and oxygen atoms in total. The fourth-order valence-electron chi connectivity index (χ4n) is 2.74. The molecular weight excluding hydrogens is 386 g/mol. The smallest absolute Gasteiger partial charge is 0.150 e. The van der Waals surface area contributed by atoms with E-state index in [1.165, 1.54) is 11.8 Å². The molecule has 0 aliphatic carbocycles. The van der Waals surface area contributed by atoms with Crippen LogP contribution in [-0.2, 0) is 16.3 Å². The van der Waals surface area contributed by atoms with Gasteiger partial charge in [0.15, 0.2) is 9.84 Å². The topological polar surface area (TPSA) is 85.0 Å². The van der Waals surface area contributed by atoms with Crippen LogP contribution in [-0.4, -0.2) is 51.0 Å². The van der Waals surface area contributed by atoms with Gasteiger partial charge in [-0.05, 0) is 29.7 Å². The van der Waals surface area contributed by atoms with Crippen molar-refractivity contribution < 1.29 is 13.2 Å². The van der Waals surface area contributed by atoms with E-state index in [0.717, 1.165) is 36.5 Å². The van der Waals surface area contributed by atoms with E-state index < -0.39 is 9.84 Å². The van der Waals surface area contributed by atoms with Gasteiger partial charge in [-0.3, -0.25) is 10.0 Å². The highest BCUT2D eigenvalue weighted by atomic mass is 35.5. The maximum absolute atomic E-state index is 11.1. The molecule has 0 saturated carbocycles. The summed E-state index contributed by atoms with van der Waals surface area (Å²) in [6.45, 7) is 1.67. The van der Waals surface area contributed by atoms with Crippen molar-refractivity contribution >= 4 is 28.1 Å². The maximum Gasteiger partial charge on any atom is 0.150 e. The summed E-state index contributed by atoms with van der Waals surface area (Å²) in [7, 11) is -3.00. The van der Waals surface area contributed by atoms with Gasteiger partial charge in [-0.1, -0.05) is 36.4 Å². The van der Waals surface area contributed by atoms with Crippen LogP contribution in [0.3, 0.4) is 0 Å². The van der Waals surface area contributed by atoms with Crippen molar-refractivity contribution in [2.24, 2.45) is 10.8 Å². The first-order valence-electron chi connectivity index (χ1n) is 8.46. The van der Waals surface area contributed by atoms with Gasteiger partial charge < -0.3 is 4.74 Å². The fraction of sp³-hybridized carbons (Fsp3) is 0.316. The van der Waals surface area contributed by atoms with Gasteiger partial charge >= 0.3 is 0 Å². The zero-order chi connectivity index (χ0) is 18.6. The molecular formula is C19H24ClN3O3S. The normalized spacial score (nSPS) is 13.9. The van der Waals surface area contributed by atoms with Gasteiger partial charge in [0.2, 0.25) is 0 Å². The minimum absolute atomic E-state index is 0. The monoisotopic (exact) mass is 409 g/mol. The highest BCUT2D eigenvalue weighted by molar-refractivity contribution is 7.90. The molecule has 0 aromatic heterocycles. The molecule has 2 N–H and O–H groups in total. The summed E-state index contributed by atoms with van der Waals surface area (Å²) in [4.78, 5) is 4.42. The molecule has 0 atom stereocenters. The van der Waals surface area contributed by atoms with Crippen molar-refractivity contribution in [1.82, 2.24) is 5.01 Å². The van der Waals surface area contributed by atoms with E-state index in [-0.39, 0.29) is 24.8 Å². The minimum atomic E-state index is -3.00. The molecule has 0 bridgehead atoms. The molecule has 1 aliphatic rings. The minimum Gasteiger partial charge on any atom is -0.493 e. The lowest BCUT2D eigenvalue weighted by molar-refractivity contribution is 0.341. The zero-order valence-electron chi connectivity index (χ0n) is 15.2. The second kappa shape index (κ2) is 9.21. The Bertz CT molecular complexity index is 881. The highest BCUT2D eigenvalue weighted by Gasteiger charge is 2.14. The Morgan fingerprint density at radius 2 is 1.67 bits per heavy atom. The summed E-state index contributed by atoms with van der Waals surface area (Å²) in [5.41, 5.74) is 3.39. The van der Waals surface area contributed by atoms with Crippen LogP contribution in [0.15, 0.2) is 53.5 Å². The summed E-state index contributed by atoms with van der Waals surface area (Å²) in [5, 5.41) is 1.68. The Hall–Kier alpha value is -2.09. The van der Waals surface area contributed by atoms with Gasteiger partial charge in [-0.2, -0.15) is 0 Å². The number of hydrogen-bond acceptors (Lipinski definition) is 6. The first-order chi connectivity index (χ1) is 12.4. The van der Waals surface area contributed by atoms with Crippen molar-refractivity contribution in [2.45, 2.75) is 6.42 Å². The highest BCUT2D eigenvalue weighted by Crippen LogP contribution is 2.17. The predicted octanol–water partition coefficient (Wildman–Crippen LogP) is 2.06. The molecule has 1 aliphatic heterocycles.